The fourth-order valence-electron chi connectivity index (χ4n) is 3.29. The van der Waals surface area contributed by atoms with E-state index in [0.717, 1.165) is 33.4 Å². The highest BCUT2D eigenvalue weighted by atomic mass is 14.1. The molecule has 0 aliphatic heterocycles. The van der Waals surface area contributed by atoms with E-state index >= 15 is 0 Å². The molecule has 0 aliphatic carbocycles. The Morgan fingerprint density at radius 3 is 1.06 bits per heavy atom. The topological polar surface area (TPSA) is 0 Å². The van der Waals surface area contributed by atoms with Crippen LogP contribution in [0.15, 0.2) is 133 Å². The predicted octanol–water partition coefficient (Wildman–Crippen LogP) is 7.26. The van der Waals surface area contributed by atoms with Gasteiger partial charge >= 0.3 is 0 Å². The quantitative estimate of drug-likeness (QED) is 0.248. The Balaban J connectivity index is 1.82. The van der Waals surface area contributed by atoms with Crippen LogP contribution in [0.5, 0.6) is 0 Å². The van der Waals surface area contributed by atoms with Gasteiger partial charge in [0.25, 0.3) is 0 Å². The molecule has 0 amide bonds. The van der Waals surface area contributed by atoms with E-state index in [2.05, 4.69) is 47.9 Å². The van der Waals surface area contributed by atoms with Crippen LogP contribution in [0.25, 0.3) is 11.1 Å². The molecule has 4 rings (SSSR count). The van der Waals surface area contributed by atoms with Crippen molar-refractivity contribution in [1.82, 2.24) is 0 Å². The Bertz CT molecular complexity index is 1210. The van der Waals surface area contributed by atoms with Gasteiger partial charge in [0.1, 0.15) is 0 Å². The summed E-state index contributed by atoms with van der Waals surface area (Å²) >= 11 is 0. The minimum Gasteiger partial charge on any atom is -0.0689 e. The molecule has 0 saturated heterocycles. The van der Waals surface area contributed by atoms with Gasteiger partial charge in [-0.2, -0.15) is 0 Å². The highest BCUT2D eigenvalue weighted by Crippen LogP contribution is 2.31. The monoisotopic (exact) mass is 406 g/mol. The number of hydrogen-bond acceptors (Lipinski definition) is 0. The van der Waals surface area contributed by atoms with Crippen LogP contribution < -0.4 is 0 Å². The van der Waals surface area contributed by atoms with Crippen LogP contribution in [0, 0.1) is 23.7 Å². The lowest BCUT2D eigenvalue weighted by molar-refractivity contribution is 1.58. The van der Waals surface area contributed by atoms with Crippen molar-refractivity contribution in [2.45, 2.75) is 0 Å². The largest absolute Gasteiger partial charge is 0.0689 e. The Morgan fingerprint density at radius 1 is 0.406 bits per heavy atom. The number of rotatable bonds is 3. The second kappa shape index (κ2) is 11.0. The number of allylic oxidation sites excluding steroid dienone is 4. The van der Waals surface area contributed by atoms with Crippen LogP contribution in [-0.2, 0) is 0 Å². The van der Waals surface area contributed by atoms with Crippen molar-refractivity contribution >= 4 is 11.1 Å². The zero-order valence-corrected chi connectivity index (χ0v) is 17.7. The molecule has 0 radical (unpaired) electrons. The molecule has 0 unspecified atom stereocenters. The normalized spacial score (nSPS) is 11.0. The van der Waals surface area contributed by atoms with Crippen LogP contribution in [-0.4, -0.2) is 0 Å². The maximum atomic E-state index is 3.26. The molecule has 0 heteroatoms. The van der Waals surface area contributed by atoms with Gasteiger partial charge in [-0.25, -0.2) is 0 Å². The van der Waals surface area contributed by atoms with E-state index in [9.17, 15) is 0 Å². The molecule has 150 valence electrons. The summed E-state index contributed by atoms with van der Waals surface area (Å²) in [7, 11) is 0. The molecular formula is C32H22. The minimum atomic E-state index is 0.991. The summed E-state index contributed by atoms with van der Waals surface area (Å²) in [6.07, 6.45) is 3.98. The minimum absolute atomic E-state index is 0.991. The molecule has 0 spiro atoms. The van der Waals surface area contributed by atoms with Crippen molar-refractivity contribution in [3.63, 3.8) is 0 Å². The lowest BCUT2D eigenvalue weighted by Crippen LogP contribution is -1.91. The van der Waals surface area contributed by atoms with Crippen molar-refractivity contribution in [1.29, 1.82) is 0 Å². The van der Waals surface area contributed by atoms with Gasteiger partial charge in [-0.15, -0.1) is 0 Å². The molecule has 0 heterocycles. The van der Waals surface area contributed by atoms with Gasteiger partial charge < -0.3 is 0 Å². The maximum absolute atomic E-state index is 3.26. The average molecular weight is 407 g/mol. The van der Waals surface area contributed by atoms with Crippen LogP contribution >= 0.6 is 0 Å². The Labute approximate surface area is 190 Å². The van der Waals surface area contributed by atoms with E-state index in [0.29, 0.717) is 0 Å². The summed E-state index contributed by atoms with van der Waals surface area (Å²) < 4.78 is 0. The predicted molar refractivity (Wildman–Crippen MR) is 135 cm³/mol. The Morgan fingerprint density at radius 2 is 0.719 bits per heavy atom. The van der Waals surface area contributed by atoms with Crippen LogP contribution in [0.1, 0.15) is 22.3 Å². The standard InChI is InChI=1S/C32H22/c1-5-15-27(16-6-1)19-13-25-31(29-21-9-3-10-22-29)32(30-23-11-4-12-24-30)26-14-20-28-17-7-2-8-18-28/h1-12,15-18,21-26H/b31-25+,32-26+. The average Bonchev–Trinajstić information content (AvgIpc) is 2.87. The second-order valence-corrected chi connectivity index (χ2v) is 7.12. The first kappa shape index (κ1) is 20.7. The van der Waals surface area contributed by atoms with Crippen molar-refractivity contribution in [3.8, 4) is 23.7 Å². The van der Waals surface area contributed by atoms with E-state index < -0.39 is 0 Å². The number of hydrogen-bond donors (Lipinski definition) is 0. The maximum Gasteiger partial charge on any atom is 0.0248 e. The third kappa shape index (κ3) is 5.76. The highest BCUT2D eigenvalue weighted by molar-refractivity contribution is 6.06. The second-order valence-electron chi connectivity index (χ2n) is 7.12. The van der Waals surface area contributed by atoms with Gasteiger partial charge in [-0.05, 0) is 58.7 Å². The Kier molecular flexibility index (Phi) is 7.15. The SMILES string of the molecule is C(#Cc1ccccc1)/C=C(/C(=C/C#Cc1ccccc1)c1ccccc1)c1ccccc1. The van der Waals surface area contributed by atoms with Gasteiger partial charge in [0.05, 0.1) is 0 Å². The molecule has 0 fully saturated rings. The highest BCUT2D eigenvalue weighted by Gasteiger charge is 2.09. The lowest BCUT2D eigenvalue weighted by Gasteiger charge is -2.12. The van der Waals surface area contributed by atoms with E-state index in [1.54, 1.807) is 0 Å². The molecule has 4 aromatic carbocycles. The zero-order valence-electron chi connectivity index (χ0n) is 17.7. The summed E-state index contributed by atoms with van der Waals surface area (Å²) in [6.45, 7) is 0. The fourth-order valence-corrected chi connectivity index (χ4v) is 3.29. The third-order valence-electron chi connectivity index (χ3n) is 4.87. The van der Waals surface area contributed by atoms with Crippen LogP contribution in [0.2, 0.25) is 0 Å². The van der Waals surface area contributed by atoms with E-state index in [4.69, 9.17) is 0 Å². The molecule has 0 bridgehead atoms. The first-order valence-corrected chi connectivity index (χ1v) is 10.5. The summed E-state index contributed by atoms with van der Waals surface area (Å²) in [5, 5.41) is 0. The smallest absolute Gasteiger partial charge is 0.0248 e. The van der Waals surface area contributed by atoms with Crippen molar-refractivity contribution < 1.29 is 0 Å². The van der Waals surface area contributed by atoms with Gasteiger partial charge in [0, 0.05) is 11.1 Å². The molecule has 0 atom stereocenters. The van der Waals surface area contributed by atoms with Crippen molar-refractivity contribution in [2.75, 3.05) is 0 Å². The molecule has 32 heavy (non-hydrogen) atoms. The van der Waals surface area contributed by atoms with Crippen molar-refractivity contribution in [3.05, 3.63) is 156 Å². The van der Waals surface area contributed by atoms with Gasteiger partial charge in [-0.1, -0.05) is 121 Å². The molecule has 0 nitrogen and oxygen atoms in total. The van der Waals surface area contributed by atoms with Gasteiger partial charge in [0.2, 0.25) is 0 Å². The van der Waals surface area contributed by atoms with E-state index in [1.165, 1.54) is 0 Å². The fraction of sp³-hybridized carbons (Fsp3) is 0. The van der Waals surface area contributed by atoms with Gasteiger partial charge in [0.15, 0.2) is 0 Å². The van der Waals surface area contributed by atoms with E-state index in [-0.39, 0.29) is 0 Å². The molecule has 0 aliphatic rings. The summed E-state index contributed by atoms with van der Waals surface area (Å²) in [6, 6.07) is 40.7. The Hall–Kier alpha value is -4.52. The van der Waals surface area contributed by atoms with Crippen molar-refractivity contribution in [2.24, 2.45) is 0 Å². The number of benzene rings is 4. The van der Waals surface area contributed by atoms with E-state index in [1.807, 2.05) is 109 Å². The zero-order chi connectivity index (χ0) is 21.8. The lowest BCUT2D eigenvalue weighted by atomic mass is 9.91. The first-order chi connectivity index (χ1) is 15.9. The van der Waals surface area contributed by atoms with Gasteiger partial charge in [-0.3, -0.25) is 0 Å². The molecular weight excluding hydrogens is 384 g/mol. The molecule has 0 aromatic heterocycles. The van der Waals surface area contributed by atoms with Crippen LogP contribution in [0.4, 0.5) is 0 Å². The third-order valence-corrected chi connectivity index (χ3v) is 4.87. The molecule has 0 saturated carbocycles. The first-order valence-electron chi connectivity index (χ1n) is 10.5. The molecule has 0 N–H and O–H groups in total. The summed E-state index contributed by atoms with van der Waals surface area (Å²) in [4.78, 5) is 0. The molecule has 4 aromatic rings. The summed E-state index contributed by atoms with van der Waals surface area (Å²) in [5.41, 5.74) is 6.28. The van der Waals surface area contributed by atoms with Crippen LogP contribution in [0.3, 0.4) is 0 Å². The summed E-state index contributed by atoms with van der Waals surface area (Å²) in [5.74, 6) is 13.0.